The van der Waals surface area contributed by atoms with E-state index in [4.69, 9.17) is 0 Å². The third-order valence-corrected chi connectivity index (χ3v) is 3.96. The van der Waals surface area contributed by atoms with Gasteiger partial charge in [0.2, 0.25) is 0 Å². The average molecular weight is 298 g/mol. The second-order valence-electron chi connectivity index (χ2n) is 5.33. The predicted molar refractivity (Wildman–Crippen MR) is 84.9 cm³/mol. The van der Waals surface area contributed by atoms with Crippen molar-refractivity contribution in [1.82, 2.24) is 20.3 Å². The number of rotatable bonds is 5. The molecule has 114 valence electrons. The zero-order valence-electron chi connectivity index (χ0n) is 12.8. The lowest BCUT2D eigenvalue weighted by Crippen LogP contribution is -2.20. The highest BCUT2D eigenvalue weighted by molar-refractivity contribution is 5.86. The molecule has 1 N–H and O–H groups in total. The Kier molecular flexibility index (Phi) is 4.15. The molecule has 1 aromatic heterocycles. The van der Waals surface area contributed by atoms with E-state index in [9.17, 15) is 4.39 Å². The molecule has 3 rings (SSSR count). The predicted octanol–water partition coefficient (Wildman–Crippen LogP) is 3.44. The zero-order chi connectivity index (χ0) is 15.5. The van der Waals surface area contributed by atoms with Crippen molar-refractivity contribution in [3.8, 4) is 0 Å². The smallest absolute Gasteiger partial charge is 0.131 e. The van der Waals surface area contributed by atoms with Crippen LogP contribution in [0.1, 0.15) is 31.1 Å². The molecule has 0 fully saturated rings. The number of nitrogens with zero attached hydrogens (tertiary/aromatic N) is 3. The lowest BCUT2D eigenvalue weighted by Gasteiger charge is -2.17. The van der Waals surface area contributed by atoms with Crippen LogP contribution in [0.2, 0.25) is 0 Å². The van der Waals surface area contributed by atoms with Crippen LogP contribution in [-0.4, -0.2) is 15.0 Å². The highest BCUT2D eigenvalue weighted by Gasteiger charge is 2.12. The molecule has 1 atom stereocenters. The summed E-state index contributed by atoms with van der Waals surface area (Å²) in [5.41, 5.74) is 2.13. The van der Waals surface area contributed by atoms with E-state index in [1.807, 2.05) is 41.9 Å². The molecule has 0 aliphatic carbocycles. The Morgan fingerprint density at radius 1 is 1.18 bits per heavy atom. The van der Waals surface area contributed by atoms with Crippen molar-refractivity contribution < 1.29 is 4.39 Å². The fourth-order valence-corrected chi connectivity index (χ4v) is 2.71. The van der Waals surface area contributed by atoms with Gasteiger partial charge in [0.15, 0.2) is 0 Å². The van der Waals surface area contributed by atoms with Crippen molar-refractivity contribution >= 4 is 10.8 Å². The Morgan fingerprint density at radius 3 is 2.73 bits per heavy atom. The van der Waals surface area contributed by atoms with E-state index < -0.39 is 0 Å². The first-order valence-corrected chi connectivity index (χ1v) is 7.48. The molecule has 0 saturated carbocycles. The van der Waals surface area contributed by atoms with Crippen LogP contribution in [0.15, 0.2) is 42.6 Å². The number of hydrogen-bond donors (Lipinski definition) is 1. The normalized spacial score (nSPS) is 12.7. The maximum atomic E-state index is 13.9. The number of aryl methyl sites for hydroxylation is 1. The molecule has 1 unspecified atom stereocenters. The maximum absolute atomic E-state index is 13.9. The molecular formula is C17H19FN4. The van der Waals surface area contributed by atoms with Crippen molar-refractivity contribution in [2.24, 2.45) is 0 Å². The third kappa shape index (κ3) is 2.72. The Balaban J connectivity index is 1.84. The summed E-state index contributed by atoms with van der Waals surface area (Å²) >= 11 is 0. The van der Waals surface area contributed by atoms with Crippen LogP contribution < -0.4 is 5.32 Å². The topological polar surface area (TPSA) is 42.7 Å². The van der Waals surface area contributed by atoms with Gasteiger partial charge >= 0.3 is 0 Å². The van der Waals surface area contributed by atoms with Crippen LogP contribution >= 0.6 is 0 Å². The molecule has 0 bridgehead atoms. The number of aromatic nitrogens is 3. The van der Waals surface area contributed by atoms with E-state index in [1.54, 1.807) is 6.20 Å². The van der Waals surface area contributed by atoms with Gasteiger partial charge in [-0.2, -0.15) is 0 Å². The number of nitrogens with one attached hydrogen (secondary N) is 1. The van der Waals surface area contributed by atoms with Crippen molar-refractivity contribution in [3.63, 3.8) is 0 Å². The number of fused-ring (bicyclic) bond motifs is 1. The molecule has 4 nitrogen and oxygen atoms in total. The standard InChI is InChI=1S/C17H19FN4/c1-3-22-13(11-20-21-22)10-19-12(2)14-8-9-17(18)16-7-5-4-6-15(14)16/h4-9,11-12,19H,3,10H2,1-2H3. The first-order chi connectivity index (χ1) is 10.7. The van der Waals surface area contributed by atoms with Crippen molar-refractivity contribution in [1.29, 1.82) is 0 Å². The fourth-order valence-electron chi connectivity index (χ4n) is 2.71. The Hall–Kier alpha value is -2.27. The Bertz CT molecular complexity index is 781. The van der Waals surface area contributed by atoms with E-state index in [0.29, 0.717) is 11.9 Å². The Morgan fingerprint density at radius 2 is 1.95 bits per heavy atom. The quantitative estimate of drug-likeness (QED) is 0.784. The molecule has 0 aliphatic rings. The van der Waals surface area contributed by atoms with Gasteiger partial charge in [-0.3, -0.25) is 0 Å². The second-order valence-corrected chi connectivity index (χ2v) is 5.33. The van der Waals surface area contributed by atoms with E-state index in [1.165, 1.54) is 6.07 Å². The van der Waals surface area contributed by atoms with Crippen molar-refractivity contribution in [3.05, 3.63) is 59.7 Å². The van der Waals surface area contributed by atoms with E-state index in [2.05, 4.69) is 22.6 Å². The molecule has 0 aliphatic heterocycles. The minimum absolute atomic E-state index is 0.103. The first-order valence-electron chi connectivity index (χ1n) is 7.48. The van der Waals surface area contributed by atoms with Gasteiger partial charge in [-0.15, -0.1) is 5.10 Å². The summed E-state index contributed by atoms with van der Waals surface area (Å²) in [5, 5.41) is 13.0. The summed E-state index contributed by atoms with van der Waals surface area (Å²) < 4.78 is 15.8. The van der Waals surface area contributed by atoms with Crippen molar-refractivity contribution in [2.75, 3.05) is 0 Å². The Labute approximate surface area is 129 Å². The fraction of sp³-hybridized carbons (Fsp3) is 0.294. The summed E-state index contributed by atoms with van der Waals surface area (Å²) in [6.07, 6.45) is 1.77. The molecule has 2 aromatic carbocycles. The zero-order valence-corrected chi connectivity index (χ0v) is 12.8. The maximum Gasteiger partial charge on any atom is 0.131 e. The van der Waals surface area contributed by atoms with Gasteiger partial charge in [0.1, 0.15) is 5.82 Å². The van der Waals surface area contributed by atoms with Crippen molar-refractivity contribution in [2.45, 2.75) is 33.0 Å². The highest BCUT2D eigenvalue weighted by Crippen LogP contribution is 2.26. The van der Waals surface area contributed by atoms with Crippen LogP contribution in [0.3, 0.4) is 0 Å². The summed E-state index contributed by atoms with van der Waals surface area (Å²) in [6, 6.07) is 11.1. The molecule has 0 radical (unpaired) electrons. The molecule has 0 saturated heterocycles. The van der Waals surface area contributed by atoms with Gasteiger partial charge < -0.3 is 5.32 Å². The van der Waals surface area contributed by atoms with E-state index >= 15 is 0 Å². The molecule has 3 aromatic rings. The highest BCUT2D eigenvalue weighted by atomic mass is 19.1. The number of benzene rings is 2. The SMILES string of the molecule is CCn1nncc1CNC(C)c1ccc(F)c2ccccc12. The number of hydrogen-bond acceptors (Lipinski definition) is 3. The first kappa shape index (κ1) is 14.7. The van der Waals surface area contributed by atoms with Crippen LogP contribution in [0.4, 0.5) is 4.39 Å². The van der Waals surface area contributed by atoms with Gasteiger partial charge in [0, 0.05) is 24.5 Å². The lowest BCUT2D eigenvalue weighted by molar-refractivity contribution is 0.528. The van der Waals surface area contributed by atoms with Gasteiger partial charge in [-0.05, 0) is 30.9 Å². The van der Waals surface area contributed by atoms with Crippen LogP contribution in [0.5, 0.6) is 0 Å². The third-order valence-electron chi connectivity index (χ3n) is 3.96. The van der Waals surface area contributed by atoms with Gasteiger partial charge in [-0.1, -0.05) is 35.5 Å². The molecule has 0 amide bonds. The molecule has 0 spiro atoms. The summed E-state index contributed by atoms with van der Waals surface area (Å²) in [4.78, 5) is 0. The molecule has 1 heterocycles. The summed E-state index contributed by atoms with van der Waals surface area (Å²) in [5.74, 6) is -0.181. The minimum Gasteiger partial charge on any atom is -0.304 e. The minimum atomic E-state index is -0.181. The lowest BCUT2D eigenvalue weighted by atomic mass is 9.99. The monoisotopic (exact) mass is 298 g/mol. The summed E-state index contributed by atoms with van der Waals surface area (Å²) in [7, 11) is 0. The van der Waals surface area contributed by atoms with Gasteiger partial charge in [-0.25, -0.2) is 9.07 Å². The summed E-state index contributed by atoms with van der Waals surface area (Å²) in [6.45, 7) is 5.59. The van der Waals surface area contributed by atoms with Gasteiger partial charge in [0.05, 0.1) is 11.9 Å². The van der Waals surface area contributed by atoms with Crippen LogP contribution in [0, 0.1) is 5.82 Å². The van der Waals surface area contributed by atoms with E-state index in [0.717, 1.165) is 23.2 Å². The second kappa shape index (κ2) is 6.23. The largest absolute Gasteiger partial charge is 0.304 e. The molecule has 5 heteroatoms. The van der Waals surface area contributed by atoms with E-state index in [-0.39, 0.29) is 11.9 Å². The average Bonchev–Trinajstić information content (AvgIpc) is 3.01. The van der Waals surface area contributed by atoms with Crippen LogP contribution in [0.25, 0.3) is 10.8 Å². The van der Waals surface area contributed by atoms with Crippen LogP contribution in [-0.2, 0) is 13.1 Å². The molecule has 22 heavy (non-hydrogen) atoms. The number of halogens is 1. The molecular weight excluding hydrogens is 279 g/mol. The van der Waals surface area contributed by atoms with Gasteiger partial charge in [0.25, 0.3) is 0 Å².